The van der Waals surface area contributed by atoms with Gasteiger partial charge >= 0.3 is 0 Å². The topological polar surface area (TPSA) is 42.0 Å². The van der Waals surface area contributed by atoms with Gasteiger partial charge in [-0.3, -0.25) is 4.79 Å². The molecule has 0 bridgehead atoms. The van der Waals surface area contributed by atoms with Crippen molar-refractivity contribution in [1.29, 1.82) is 0 Å². The van der Waals surface area contributed by atoms with E-state index in [1.807, 2.05) is 24.3 Å². The molecule has 0 unspecified atom stereocenters. The minimum absolute atomic E-state index is 0.262. The summed E-state index contributed by atoms with van der Waals surface area (Å²) in [5.74, 6) is -0.262. The molecule has 0 spiro atoms. The summed E-state index contributed by atoms with van der Waals surface area (Å²) in [6, 6.07) is 12.8. The lowest BCUT2D eigenvalue weighted by molar-refractivity contribution is 0.0951. The SMILES string of the molecule is O=C(NCc1nc2ccccc2s1)c1cccc(Cl)c1Cl. The molecule has 3 nitrogen and oxygen atoms in total. The van der Waals surface area contributed by atoms with Crippen molar-refractivity contribution in [2.75, 3.05) is 0 Å². The van der Waals surface area contributed by atoms with E-state index in [-0.39, 0.29) is 10.9 Å². The van der Waals surface area contributed by atoms with Crippen LogP contribution < -0.4 is 5.32 Å². The van der Waals surface area contributed by atoms with Crippen molar-refractivity contribution in [3.05, 3.63) is 63.1 Å². The number of halogens is 2. The molecule has 1 N–H and O–H groups in total. The standard InChI is InChI=1S/C15H10Cl2N2OS/c16-10-5-3-4-9(14(10)17)15(20)18-8-13-19-11-6-1-2-7-12(11)21-13/h1-7H,8H2,(H,18,20). The third-order valence-corrected chi connectivity index (χ3v) is 4.79. The van der Waals surface area contributed by atoms with Gasteiger partial charge in [0.2, 0.25) is 0 Å². The van der Waals surface area contributed by atoms with Gasteiger partial charge in [0, 0.05) is 0 Å². The van der Waals surface area contributed by atoms with Gasteiger partial charge in [0.1, 0.15) is 5.01 Å². The lowest BCUT2D eigenvalue weighted by Crippen LogP contribution is -2.23. The van der Waals surface area contributed by atoms with E-state index in [1.165, 1.54) is 0 Å². The number of para-hydroxylation sites is 1. The van der Waals surface area contributed by atoms with E-state index in [1.54, 1.807) is 29.5 Å². The molecule has 0 aliphatic carbocycles. The predicted molar refractivity (Wildman–Crippen MR) is 87.3 cm³/mol. The zero-order valence-electron chi connectivity index (χ0n) is 10.8. The summed E-state index contributed by atoms with van der Waals surface area (Å²) in [5, 5.41) is 4.29. The van der Waals surface area contributed by atoms with Crippen LogP contribution in [0.4, 0.5) is 0 Å². The van der Waals surface area contributed by atoms with E-state index in [2.05, 4.69) is 10.3 Å². The number of carbonyl (C=O) groups is 1. The maximum absolute atomic E-state index is 12.1. The highest BCUT2D eigenvalue weighted by Gasteiger charge is 2.13. The Morgan fingerprint density at radius 2 is 1.95 bits per heavy atom. The number of rotatable bonds is 3. The van der Waals surface area contributed by atoms with Crippen molar-refractivity contribution < 1.29 is 4.79 Å². The van der Waals surface area contributed by atoms with Crippen LogP contribution in [0.15, 0.2) is 42.5 Å². The number of benzene rings is 2. The number of amides is 1. The lowest BCUT2D eigenvalue weighted by atomic mass is 10.2. The molecular weight excluding hydrogens is 327 g/mol. The molecule has 106 valence electrons. The number of hydrogen-bond acceptors (Lipinski definition) is 3. The van der Waals surface area contributed by atoms with Crippen molar-refractivity contribution in [2.45, 2.75) is 6.54 Å². The summed E-state index contributed by atoms with van der Waals surface area (Å²) in [7, 11) is 0. The second-order valence-electron chi connectivity index (χ2n) is 4.36. The third kappa shape index (κ3) is 3.02. The molecule has 21 heavy (non-hydrogen) atoms. The molecule has 0 saturated carbocycles. The molecule has 0 radical (unpaired) electrons. The number of nitrogens with one attached hydrogen (secondary N) is 1. The Kier molecular flexibility index (Phi) is 4.10. The van der Waals surface area contributed by atoms with E-state index in [9.17, 15) is 4.79 Å². The Balaban J connectivity index is 1.75. The molecule has 2 aromatic carbocycles. The zero-order valence-corrected chi connectivity index (χ0v) is 13.1. The molecule has 0 fully saturated rings. The normalized spacial score (nSPS) is 10.8. The van der Waals surface area contributed by atoms with Gasteiger partial charge in [-0.05, 0) is 24.3 Å². The lowest BCUT2D eigenvalue weighted by Gasteiger charge is -2.06. The average molecular weight is 337 g/mol. The first kappa shape index (κ1) is 14.3. The smallest absolute Gasteiger partial charge is 0.253 e. The largest absolute Gasteiger partial charge is 0.345 e. The fraction of sp³-hybridized carbons (Fsp3) is 0.0667. The molecule has 3 aromatic rings. The van der Waals surface area contributed by atoms with Crippen LogP contribution in [0.1, 0.15) is 15.4 Å². The van der Waals surface area contributed by atoms with E-state index in [4.69, 9.17) is 23.2 Å². The van der Waals surface area contributed by atoms with Gasteiger partial charge in [-0.1, -0.05) is 41.4 Å². The second kappa shape index (κ2) is 6.02. The van der Waals surface area contributed by atoms with E-state index in [0.717, 1.165) is 15.2 Å². The van der Waals surface area contributed by atoms with Crippen LogP contribution in [0, 0.1) is 0 Å². The Hall–Kier alpha value is -1.62. The summed E-state index contributed by atoms with van der Waals surface area (Å²) in [6.07, 6.45) is 0. The van der Waals surface area contributed by atoms with Gasteiger partial charge in [0.15, 0.2) is 0 Å². The predicted octanol–water partition coefficient (Wildman–Crippen LogP) is 4.53. The highest BCUT2D eigenvalue weighted by molar-refractivity contribution is 7.18. The molecule has 0 atom stereocenters. The first-order valence-corrected chi connectivity index (χ1v) is 7.79. The van der Waals surface area contributed by atoms with Crippen molar-refractivity contribution >= 4 is 50.7 Å². The van der Waals surface area contributed by atoms with Crippen molar-refractivity contribution in [3.63, 3.8) is 0 Å². The molecule has 3 rings (SSSR count). The van der Waals surface area contributed by atoms with Gasteiger partial charge in [0.05, 0.1) is 32.4 Å². The van der Waals surface area contributed by atoms with Crippen molar-refractivity contribution in [2.24, 2.45) is 0 Å². The van der Waals surface area contributed by atoms with Crippen LogP contribution in [-0.4, -0.2) is 10.9 Å². The summed E-state index contributed by atoms with van der Waals surface area (Å²) >= 11 is 13.5. The fourth-order valence-corrected chi connectivity index (χ4v) is 3.22. The number of hydrogen-bond donors (Lipinski definition) is 1. The third-order valence-electron chi connectivity index (χ3n) is 2.93. The highest BCUT2D eigenvalue weighted by Crippen LogP contribution is 2.26. The van der Waals surface area contributed by atoms with E-state index in [0.29, 0.717) is 17.1 Å². The molecule has 6 heteroatoms. The van der Waals surface area contributed by atoms with Gasteiger partial charge in [-0.25, -0.2) is 4.98 Å². The first-order valence-electron chi connectivity index (χ1n) is 6.22. The van der Waals surface area contributed by atoms with Crippen LogP contribution in [0.5, 0.6) is 0 Å². The first-order chi connectivity index (χ1) is 10.1. The Bertz CT molecular complexity index is 783. The van der Waals surface area contributed by atoms with Gasteiger partial charge < -0.3 is 5.32 Å². The second-order valence-corrected chi connectivity index (χ2v) is 6.26. The monoisotopic (exact) mass is 336 g/mol. The van der Waals surface area contributed by atoms with E-state index < -0.39 is 0 Å². The van der Waals surface area contributed by atoms with Crippen LogP contribution in [0.2, 0.25) is 10.0 Å². The van der Waals surface area contributed by atoms with Gasteiger partial charge in [-0.15, -0.1) is 11.3 Å². The summed E-state index contributed by atoms with van der Waals surface area (Å²) < 4.78 is 1.10. The number of nitrogens with zero attached hydrogens (tertiary/aromatic N) is 1. The summed E-state index contributed by atoms with van der Waals surface area (Å²) in [4.78, 5) is 16.6. The number of carbonyl (C=O) groups excluding carboxylic acids is 1. The fourth-order valence-electron chi connectivity index (χ4n) is 1.93. The molecule has 1 amide bonds. The highest BCUT2D eigenvalue weighted by atomic mass is 35.5. The average Bonchev–Trinajstić information content (AvgIpc) is 2.90. The van der Waals surface area contributed by atoms with Gasteiger partial charge in [0.25, 0.3) is 5.91 Å². The Morgan fingerprint density at radius 3 is 2.76 bits per heavy atom. The minimum Gasteiger partial charge on any atom is -0.345 e. The zero-order chi connectivity index (χ0) is 14.8. The van der Waals surface area contributed by atoms with E-state index >= 15 is 0 Å². The Labute approximate surface area is 135 Å². The van der Waals surface area contributed by atoms with Crippen LogP contribution in [0.3, 0.4) is 0 Å². The molecule has 0 saturated heterocycles. The van der Waals surface area contributed by atoms with Crippen LogP contribution in [-0.2, 0) is 6.54 Å². The summed E-state index contributed by atoms with van der Waals surface area (Å²) in [6.45, 7) is 0.362. The minimum atomic E-state index is -0.262. The van der Waals surface area contributed by atoms with Crippen LogP contribution >= 0.6 is 34.5 Å². The number of aromatic nitrogens is 1. The maximum atomic E-state index is 12.1. The van der Waals surface area contributed by atoms with Gasteiger partial charge in [-0.2, -0.15) is 0 Å². The van der Waals surface area contributed by atoms with Crippen LogP contribution in [0.25, 0.3) is 10.2 Å². The summed E-state index contributed by atoms with van der Waals surface area (Å²) in [5.41, 5.74) is 1.30. The molecule has 1 aromatic heterocycles. The Morgan fingerprint density at radius 1 is 1.14 bits per heavy atom. The quantitative estimate of drug-likeness (QED) is 0.763. The maximum Gasteiger partial charge on any atom is 0.253 e. The molecular formula is C15H10Cl2N2OS. The van der Waals surface area contributed by atoms with Crippen molar-refractivity contribution in [1.82, 2.24) is 10.3 Å². The number of fused-ring (bicyclic) bond motifs is 1. The number of thiazole rings is 1. The molecule has 0 aliphatic heterocycles. The van der Waals surface area contributed by atoms with Crippen molar-refractivity contribution in [3.8, 4) is 0 Å². The molecule has 0 aliphatic rings. The molecule has 1 heterocycles.